The van der Waals surface area contributed by atoms with Gasteiger partial charge in [0.1, 0.15) is 24.1 Å². The van der Waals surface area contributed by atoms with Gasteiger partial charge in [-0.15, -0.1) is 0 Å². The van der Waals surface area contributed by atoms with Crippen molar-refractivity contribution in [1.82, 2.24) is 10.2 Å². The zero-order valence-corrected chi connectivity index (χ0v) is 31.3. The molecule has 0 heterocycles. The maximum Gasteiger partial charge on any atom is 0.264 e. The number of anilines is 1. The summed E-state index contributed by atoms with van der Waals surface area (Å²) in [4.78, 5) is 30.3. The monoisotopic (exact) mass is 767 g/mol. The van der Waals surface area contributed by atoms with Crippen LogP contribution in [0.15, 0.2) is 143 Å². The minimum absolute atomic E-state index is 0.0411. The first kappa shape index (κ1) is 37.3. The highest BCUT2D eigenvalue weighted by atomic mass is 79.9. The smallest absolute Gasteiger partial charge is 0.264 e. The van der Waals surface area contributed by atoms with Gasteiger partial charge in [-0.1, -0.05) is 101 Å². The van der Waals surface area contributed by atoms with Gasteiger partial charge in [-0.2, -0.15) is 0 Å². The third-order valence-corrected chi connectivity index (χ3v) is 10.8. The number of nitrogens with zero attached hydrogens (tertiary/aromatic N) is 2. The predicted octanol–water partition coefficient (Wildman–Crippen LogP) is 8.30. The van der Waals surface area contributed by atoms with Crippen LogP contribution in [0.3, 0.4) is 0 Å². The summed E-state index contributed by atoms with van der Waals surface area (Å²) >= 11 is 3.52. The van der Waals surface area contributed by atoms with Crippen LogP contribution >= 0.6 is 15.9 Å². The summed E-state index contributed by atoms with van der Waals surface area (Å²) in [5.41, 5.74) is 2.82. The fourth-order valence-corrected chi connectivity index (χ4v) is 7.36. The number of sulfonamides is 1. The summed E-state index contributed by atoms with van der Waals surface area (Å²) in [5, 5.41) is 3.07. The fraction of sp³-hybridized carbons (Fsp3) is 0.220. The summed E-state index contributed by atoms with van der Waals surface area (Å²) in [5.74, 6) is 0.292. The van der Waals surface area contributed by atoms with Crippen LogP contribution < -0.4 is 14.4 Å². The van der Waals surface area contributed by atoms with Gasteiger partial charge in [0, 0.05) is 23.5 Å². The number of amides is 2. The van der Waals surface area contributed by atoms with E-state index < -0.39 is 28.5 Å². The van der Waals surface area contributed by atoms with Crippen molar-refractivity contribution in [2.45, 2.75) is 57.1 Å². The van der Waals surface area contributed by atoms with Crippen molar-refractivity contribution >= 4 is 43.5 Å². The number of halogens is 1. The van der Waals surface area contributed by atoms with Crippen LogP contribution in [0, 0.1) is 6.92 Å². The van der Waals surface area contributed by atoms with Crippen molar-refractivity contribution in [3.63, 3.8) is 0 Å². The molecule has 0 unspecified atom stereocenters. The molecule has 2 atom stereocenters. The number of aryl methyl sites for hydroxylation is 1. The number of hydrogen-bond donors (Lipinski definition) is 1. The van der Waals surface area contributed by atoms with Crippen LogP contribution in [0.5, 0.6) is 11.5 Å². The van der Waals surface area contributed by atoms with Crippen LogP contribution in [0.1, 0.15) is 37.0 Å². The number of carbonyl (C=O) groups excluding carboxylic acids is 2. The molecule has 0 saturated heterocycles. The van der Waals surface area contributed by atoms with Gasteiger partial charge in [0.25, 0.3) is 10.0 Å². The van der Waals surface area contributed by atoms with E-state index >= 15 is 0 Å². The molecular weight excluding hydrogens is 726 g/mol. The second-order valence-electron chi connectivity index (χ2n) is 12.4. The maximum atomic E-state index is 14.8. The van der Waals surface area contributed by atoms with Crippen molar-refractivity contribution in [3.8, 4) is 11.5 Å². The van der Waals surface area contributed by atoms with Crippen LogP contribution in [-0.2, 0) is 32.6 Å². The molecule has 0 aliphatic carbocycles. The van der Waals surface area contributed by atoms with Crippen LogP contribution in [-0.4, -0.2) is 43.8 Å². The second-order valence-corrected chi connectivity index (χ2v) is 15.2. The Morgan fingerprint density at radius 3 is 2.02 bits per heavy atom. The van der Waals surface area contributed by atoms with E-state index in [4.69, 9.17) is 4.74 Å². The van der Waals surface area contributed by atoms with Crippen molar-refractivity contribution in [1.29, 1.82) is 0 Å². The van der Waals surface area contributed by atoms with Gasteiger partial charge < -0.3 is 15.0 Å². The Balaban J connectivity index is 1.56. The Morgan fingerprint density at radius 2 is 1.39 bits per heavy atom. The standard InChI is InChI=1S/C41H42BrN3O5S/c1-4-31(3)43-41(47)39(27-32-12-7-5-8-13-32)44(28-33-14-11-15-34(42)26-33)40(46)29-45(51(48,49)38-24-18-30(2)19-25-38)35-20-22-37(23-21-35)50-36-16-9-6-10-17-36/h5-26,31,39H,4,27-29H2,1-3H3,(H,43,47)/t31-,39-/m1/s1. The number of para-hydroxylation sites is 1. The number of ether oxygens (including phenoxy) is 1. The molecule has 0 aliphatic heterocycles. The van der Waals surface area contributed by atoms with Crippen LogP contribution in [0.2, 0.25) is 0 Å². The molecule has 5 rings (SSSR count). The Hall–Kier alpha value is -4.93. The largest absolute Gasteiger partial charge is 0.457 e. The lowest BCUT2D eigenvalue weighted by molar-refractivity contribution is -0.140. The Kier molecular flexibility index (Phi) is 12.7. The van der Waals surface area contributed by atoms with E-state index in [-0.39, 0.29) is 35.5 Å². The lowest BCUT2D eigenvalue weighted by Crippen LogP contribution is -2.54. The van der Waals surface area contributed by atoms with Crippen LogP contribution in [0.4, 0.5) is 5.69 Å². The Labute approximate surface area is 309 Å². The highest BCUT2D eigenvalue weighted by molar-refractivity contribution is 9.10. The molecular formula is C41H42BrN3O5S. The lowest BCUT2D eigenvalue weighted by atomic mass is 10.0. The molecule has 264 valence electrons. The Bertz CT molecular complexity index is 2010. The third-order valence-electron chi connectivity index (χ3n) is 8.51. The van der Waals surface area contributed by atoms with E-state index in [0.717, 1.165) is 25.5 Å². The van der Waals surface area contributed by atoms with E-state index in [0.29, 0.717) is 17.9 Å². The van der Waals surface area contributed by atoms with Gasteiger partial charge in [0.05, 0.1) is 10.6 Å². The van der Waals surface area contributed by atoms with Crippen molar-refractivity contribution in [2.24, 2.45) is 0 Å². The Morgan fingerprint density at radius 1 is 0.784 bits per heavy atom. The topological polar surface area (TPSA) is 96.0 Å². The molecule has 2 amide bonds. The molecule has 5 aromatic rings. The molecule has 0 spiro atoms. The zero-order valence-electron chi connectivity index (χ0n) is 28.9. The van der Waals surface area contributed by atoms with Crippen molar-refractivity contribution in [2.75, 3.05) is 10.8 Å². The summed E-state index contributed by atoms with van der Waals surface area (Å²) in [6.45, 7) is 5.29. The van der Waals surface area contributed by atoms with Crippen LogP contribution in [0.25, 0.3) is 0 Å². The summed E-state index contributed by atoms with van der Waals surface area (Å²) in [7, 11) is -4.24. The molecule has 0 fully saturated rings. The van der Waals surface area contributed by atoms with Gasteiger partial charge in [-0.25, -0.2) is 8.42 Å². The molecule has 51 heavy (non-hydrogen) atoms. The van der Waals surface area contributed by atoms with Crippen molar-refractivity contribution < 1.29 is 22.7 Å². The fourth-order valence-electron chi connectivity index (χ4n) is 5.50. The number of nitrogens with one attached hydrogen (secondary N) is 1. The third kappa shape index (κ3) is 10.1. The van der Waals surface area contributed by atoms with Crippen molar-refractivity contribution in [3.05, 3.63) is 155 Å². The molecule has 0 aromatic heterocycles. The molecule has 10 heteroatoms. The average molecular weight is 769 g/mol. The van der Waals surface area contributed by atoms with Gasteiger partial charge in [-0.3, -0.25) is 13.9 Å². The van der Waals surface area contributed by atoms with E-state index in [2.05, 4.69) is 21.2 Å². The summed E-state index contributed by atoms with van der Waals surface area (Å²) < 4.78 is 36.7. The van der Waals surface area contributed by atoms with Gasteiger partial charge in [-0.05, 0) is 92.1 Å². The predicted molar refractivity (Wildman–Crippen MR) is 205 cm³/mol. The van der Waals surface area contributed by atoms with Gasteiger partial charge >= 0.3 is 0 Å². The summed E-state index contributed by atoms with van der Waals surface area (Å²) in [6, 6.07) is 38.3. The SMILES string of the molecule is CC[C@@H](C)NC(=O)[C@@H](Cc1ccccc1)N(Cc1cccc(Br)c1)C(=O)CN(c1ccc(Oc2ccccc2)cc1)S(=O)(=O)c1ccc(C)cc1. The number of rotatable bonds is 15. The first-order valence-corrected chi connectivity index (χ1v) is 19.1. The molecule has 0 saturated carbocycles. The first-order valence-electron chi connectivity index (χ1n) is 16.8. The van der Waals surface area contributed by atoms with Gasteiger partial charge in [0.15, 0.2) is 0 Å². The molecule has 1 N–H and O–H groups in total. The molecule has 0 aliphatic rings. The number of benzene rings is 5. The normalized spacial score (nSPS) is 12.4. The van der Waals surface area contributed by atoms with E-state index in [1.54, 1.807) is 36.4 Å². The molecule has 0 radical (unpaired) electrons. The average Bonchev–Trinajstić information content (AvgIpc) is 3.13. The zero-order chi connectivity index (χ0) is 36.4. The highest BCUT2D eigenvalue weighted by Gasteiger charge is 2.35. The lowest BCUT2D eigenvalue weighted by Gasteiger charge is -2.34. The number of carbonyl (C=O) groups is 2. The van der Waals surface area contributed by atoms with E-state index in [1.807, 2.05) is 106 Å². The first-order chi connectivity index (χ1) is 24.5. The maximum absolute atomic E-state index is 14.8. The van der Waals surface area contributed by atoms with E-state index in [1.165, 1.54) is 17.0 Å². The molecule has 8 nitrogen and oxygen atoms in total. The summed E-state index contributed by atoms with van der Waals surface area (Å²) in [6.07, 6.45) is 0.939. The van der Waals surface area contributed by atoms with E-state index in [9.17, 15) is 18.0 Å². The second kappa shape index (κ2) is 17.3. The highest BCUT2D eigenvalue weighted by Crippen LogP contribution is 2.29. The van der Waals surface area contributed by atoms with Gasteiger partial charge in [0.2, 0.25) is 11.8 Å². The quantitative estimate of drug-likeness (QED) is 0.116. The minimum Gasteiger partial charge on any atom is -0.457 e. The number of hydrogen-bond acceptors (Lipinski definition) is 5. The minimum atomic E-state index is -4.24. The molecule has 0 bridgehead atoms. The molecule has 5 aromatic carbocycles.